The molecule has 2 aromatic carbocycles. The van der Waals surface area contributed by atoms with Crippen molar-refractivity contribution in [1.82, 2.24) is 0 Å². The summed E-state index contributed by atoms with van der Waals surface area (Å²) >= 11 is 0. The van der Waals surface area contributed by atoms with Gasteiger partial charge in [0.05, 0.1) is 35.5 Å². The van der Waals surface area contributed by atoms with Crippen LogP contribution in [0.25, 0.3) is 22.3 Å². The summed E-state index contributed by atoms with van der Waals surface area (Å²) in [6.45, 7) is -1.59. The molecule has 0 fully saturated rings. The number of anilines is 2. The molecule has 6 N–H and O–H groups in total. The Kier molecular flexibility index (Phi) is 5.08. The molecule has 1 heterocycles. The van der Waals surface area contributed by atoms with Crippen molar-refractivity contribution in [1.29, 1.82) is 0 Å². The lowest BCUT2D eigenvalue weighted by molar-refractivity contribution is -0.114. The first-order valence-electron chi connectivity index (χ1n) is 7.92. The second-order valence-electron chi connectivity index (χ2n) is 5.81. The van der Waals surface area contributed by atoms with Gasteiger partial charge in [0, 0.05) is 11.6 Å². The summed E-state index contributed by atoms with van der Waals surface area (Å²) in [5, 5.41) is 10.8. The van der Waals surface area contributed by atoms with Gasteiger partial charge in [-0.05, 0) is 18.2 Å². The number of hydrogen-bond donors (Lipinski definition) is 4. The summed E-state index contributed by atoms with van der Waals surface area (Å²) in [6, 6.07) is 4.43. The Hall–Kier alpha value is -3.37. The lowest BCUT2D eigenvalue weighted by Crippen LogP contribution is -2.24. The number of fused-ring (bicyclic) bond motifs is 1. The molecule has 0 saturated carbocycles. The summed E-state index contributed by atoms with van der Waals surface area (Å²) in [5.74, 6) is -4.50. The second-order valence-corrected chi connectivity index (χ2v) is 5.81. The number of carbonyl (C=O) groups excluding carboxylic acids is 1. The van der Waals surface area contributed by atoms with E-state index in [0.29, 0.717) is 0 Å². The van der Waals surface area contributed by atoms with Gasteiger partial charge in [0.15, 0.2) is 22.6 Å². The Bertz CT molecular complexity index is 1160. The highest BCUT2D eigenvalue weighted by Gasteiger charge is 2.25. The smallest absolute Gasteiger partial charge is 0.238 e. The average molecular weight is 393 g/mol. The van der Waals surface area contributed by atoms with Gasteiger partial charge in [0.1, 0.15) is 11.6 Å². The van der Waals surface area contributed by atoms with Crippen LogP contribution in [0, 0.1) is 17.5 Å². The number of hydrogen-bond acceptors (Lipinski definition) is 6. The molecule has 3 rings (SSSR count). The van der Waals surface area contributed by atoms with E-state index < -0.39 is 64.2 Å². The van der Waals surface area contributed by atoms with Crippen LogP contribution in [0.1, 0.15) is 5.56 Å². The molecule has 0 aliphatic carbocycles. The third-order valence-electron chi connectivity index (χ3n) is 4.04. The lowest BCUT2D eigenvalue weighted by atomic mass is 10.1. The van der Waals surface area contributed by atoms with Crippen molar-refractivity contribution in [3.63, 3.8) is 0 Å². The molecule has 0 saturated heterocycles. The average Bonchev–Trinajstić information content (AvgIpc) is 2.67. The Labute approximate surface area is 155 Å². The predicted octanol–water partition coefficient (Wildman–Crippen LogP) is 1.85. The van der Waals surface area contributed by atoms with Crippen LogP contribution in [-0.4, -0.2) is 17.6 Å². The molecule has 28 heavy (non-hydrogen) atoms. The van der Waals surface area contributed by atoms with E-state index in [4.69, 9.17) is 15.9 Å². The van der Waals surface area contributed by atoms with E-state index in [1.807, 2.05) is 0 Å². The molecular weight excluding hydrogens is 379 g/mol. The van der Waals surface area contributed by atoms with Crippen molar-refractivity contribution >= 4 is 28.3 Å². The second kappa shape index (κ2) is 7.33. The molecule has 0 atom stereocenters. The predicted molar refractivity (Wildman–Crippen MR) is 95.8 cm³/mol. The fraction of sp³-hybridized carbons (Fsp3) is 0.111. The van der Waals surface area contributed by atoms with Crippen molar-refractivity contribution in [2.45, 2.75) is 6.61 Å². The van der Waals surface area contributed by atoms with Crippen molar-refractivity contribution in [3.8, 4) is 11.3 Å². The lowest BCUT2D eigenvalue weighted by Gasteiger charge is -2.13. The van der Waals surface area contributed by atoms with Gasteiger partial charge in [-0.15, -0.1) is 0 Å². The number of aliphatic hydroxyl groups is 1. The quantitative estimate of drug-likeness (QED) is 0.500. The van der Waals surface area contributed by atoms with Crippen molar-refractivity contribution in [2.24, 2.45) is 5.73 Å². The number of carbonyl (C=O) groups is 1. The number of nitrogens with two attached hydrogens (primary N) is 2. The minimum Gasteiger partial charge on any atom is -0.453 e. The Morgan fingerprint density at radius 3 is 2.50 bits per heavy atom. The van der Waals surface area contributed by atoms with Gasteiger partial charge in [0.2, 0.25) is 5.91 Å². The number of aliphatic hydroxyl groups excluding tert-OH is 1. The van der Waals surface area contributed by atoms with E-state index in [-0.39, 0.29) is 17.0 Å². The molecule has 146 valence electrons. The molecule has 0 unspecified atom stereocenters. The zero-order valence-corrected chi connectivity index (χ0v) is 14.2. The van der Waals surface area contributed by atoms with Gasteiger partial charge in [-0.2, -0.15) is 0 Å². The Morgan fingerprint density at radius 1 is 1.18 bits per heavy atom. The SMILES string of the molecule is NCC(=O)Nc1c(F)c(CO)c(F)c2oc(-c3ccc(N)c(F)c3)cc(=O)c12. The number of rotatable bonds is 4. The first-order valence-corrected chi connectivity index (χ1v) is 7.92. The Morgan fingerprint density at radius 2 is 1.89 bits per heavy atom. The molecule has 0 spiro atoms. The van der Waals surface area contributed by atoms with E-state index in [1.54, 1.807) is 0 Å². The van der Waals surface area contributed by atoms with Crippen LogP contribution in [0.2, 0.25) is 0 Å². The van der Waals surface area contributed by atoms with Crippen molar-refractivity contribution in [2.75, 3.05) is 17.6 Å². The maximum Gasteiger partial charge on any atom is 0.238 e. The largest absolute Gasteiger partial charge is 0.453 e. The standard InChI is InChI=1S/C18H14F3N3O4/c19-9-3-7(1-2-10(9)23)12-4-11(26)14-17(24-13(27)5-22)15(20)8(6-25)16(21)18(14)28-12/h1-4,25H,5-6,22-23H2,(H,24,27). The maximum absolute atomic E-state index is 14.7. The third kappa shape index (κ3) is 3.19. The third-order valence-corrected chi connectivity index (χ3v) is 4.04. The number of amides is 1. The molecule has 1 amide bonds. The molecule has 1 aromatic heterocycles. The number of benzene rings is 2. The van der Waals surface area contributed by atoms with Crippen LogP contribution >= 0.6 is 0 Å². The van der Waals surface area contributed by atoms with Crippen LogP contribution in [-0.2, 0) is 11.4 Å². The van der Waals surface area contributed by atoms with Crippen molar-refractivity contribution < 1.29 is 27.5 Å². The fourth-order valence-electron chi connectivity index (χ4n) is 2.65. The maximum atomic E-state index is 14.7. The monoisotopic (exact) mass is 393 g/mol. The van der Waals surface area contributed by atoms with E-state index >= 15 is 0 Å². The van der Waals surface area contributed by atoms with Gasteiger partial charge in [-0.25, -0.2) is 13.2 Å². The van der Waals surface area contributed by atoms with Gasteiger partial charge in [0.25, 0.3) is 0 Å². The first kappa shape index (κ1) is 19.4. The molecule has 7 nitrogen and oxygen atoms in total. The summed E-state index contributed by atoms with van der Waals surface area (Å²) in [5.41, 5.74) is 7.41. The van der Waals surface area contributed by atoms with E-state index in [9.17, 15) is 27.9 Å². The summed E-state index contributed by atoms with van der Waals surface area (Å²) < 4.78 is 48.3. The number of nitrogen functional groups attached to an aromatic ring is 1. The van der Waals surface area contributed by atoms with Gasteiger partial charge >= 0.3 is 0 Å². The fourth-order valence-corrected chi connectivity index (χ4v) is 2.65. The normalized spacial score (nSPS) is 11.0. The minimum absolute atomic E-state index is 0.0764. The van der Waals surface area contributed by atoms with Crippen LogP contribution in [0.15, 0.2) is 33.5 Å². The number of halogens is 3. The summed E-state index contributed by atoms with van der Waals surface area (Å²) in [7, 11) is 0. The Balaban J connectivity index is 2.36. The zero-order chi connectivity index (χ0) is 20.6. The number of nitrogens with one attached hydrogen (secondary N) is 1. The molecule has 0 bridgehead atoms. The van der Waals surface area contributed by atoms with E-state index in [0.717, 1.165) is 12.1 Å². The highest BCUT2D eigenvalue weighted by Crippen LogP contribution is 2.33. The van der Waals surface area contributed by atoms with E-state index in [1.165, 1.54) is 12.1 Å². The zero-order valence-electron chi connectivity index (χ0n) is 14.2. The van der Waals surface area contributed by atoms with Crippen LogP contribution < -0.4 is 22.2 Å². The van der Waals surface area contributed by atoms with Gasteiger partial charge in [-0.1, -0.05) is 0 Å². The minimum atomic E-state index is -1.33. The summed E-state index contributed by atoms with van der Waals surface area (Å²) in [4.78, 5) is 24.1. The molecule has 0 radical (unpaired) electrons. The van der Waals surface area contributed by atoms with Gasteiger partial charge in [-0.3, -0.25) is 9.59 Å². The molecule has 10 heteroatoms. The molecule has 0 aliphatic heterocycles. The first-order chi connectivity index (χ1) is 13.3. The van der Waals surface area contributed by atoms with Crippen molar-refractivity contribution in [3.05, 3.63) is 57.5 Å². The summed E-state index contributed by atoms with van der Waals surface area (Å²) in [6.07, 6.45) is 0. The van der Waals surface area contributed by atoms with Gasteiger partial charge < -0.3 is 26.3 Å². The molecular formula is C18H14F3N3O4. The molecule has 3 aromatic rings. The van der Waals surface area contributed by atoms with Crippen LogP contribution in [0.4, 0.5) is 24.5 Å². The highest BCUT2D eigenvalue weighted by molar-refractivity contribution is 6.02. The van der Waals surface area contributed by atoms with E-state index in [2.05, 4.69) is 5.32 Å². The van der Waals surface area contributed by atoms with Crippen LogP contribution in [0.3, 0.4) is 0 Å². The molecule has 0 aliphatic rings. The highest BCUT2D eigenvalue weighted by atomic mass is 19.1. The van der Waals surface area contributed by atoms with Crippen LogP contribution in [0.5, 0.6) is 0 Å². The topological polar surface area (TPSA) is 132 Å².